The third kappa shape index (κ3) is 3.79. The molecule has 11 heteroatoms. The average molecular weight is 474 g/mol. The minimum absolute atomic E-state index is 0. The van der Waals surface area contributed by atoms with Crippen molar-refractivity contribution in [3.63, 3.8) is 0 Å². The first-order valence-electron chi connectivity index (χ1n) is 10.4. The van der Waals surface area contributed by atoms with Crippen LogP contribution in [0.1, 0.15) is 42.1 Å². The highest BCUT2D eigenvalue weighted by atomic mass is 35.5. The quantitative estimate of drug-likeness (QED) is 0.692. The van der Waals surface area contributed by atoms with Gasteiger partial charge in [-0.3, -0.25) is 4.79 Å². The molecule has 1 saturated carbocycles. The van der Waals surface area contributed by atoms with Crippen LogP contribution in [0.25, 0.3) is 10.9 Å². The summed E-state index contributed by atoms with van der Waals surface area (Å²) in [5.41, 5.74) is -1.51. The van der Waals surface area contributed by atoms with Gasteiger partial charge in [-0.15, -0.1) is 12.4 Å². The van der Waals surface area contributed by atoms with Crippen molar-refractivity contribution < 1.29 is 27.8 Å². The molecule has 0 unspecified atom stereocenters. The number of nitrogens with one attached hydrogen (secondary N) is 1. The van der Waals surface area contributed by atoms with Crippen molar-refractivity contribution in [1.29, 1.82) is 0 Å². The number of fused-ring (bicyclic) bond motifs is 2. The zero-order chi connectivity index (χ0) is 21.9. The van der Waals surface area contributed by atoms with Crippen molar-refractivity contribution in [3.05, 3.63) is 33.9 Å². The molecule has 0 spiro atoms. The van der Waals surface area contributed by atoms with E-state index in [-0.39, 0.29) is 47.0 Å². The molecule has 0 amide bonds. The summed E-state index contributed by atoms with van der Waals surface area (Å²) in [5, 5.41) is 12.5. The molecule has 3 heterocycles. The average Bonchev–Trinajstić information content (AvgIpc) is 3.46. The van der Waals surface area contributed by atoms with Crippen LogP contribution in [-0.2, 0) is 0 Å². The van der Waals surface area contributed by atoms with Gasteiger partial charge in [0.1, 0.15) is 11.3 Å². The number of carbonyl (C=O) groups is 1. The van der Waals surface area contributed by atoms with Gasteiger partial charge in [0.15, 0.2) is 11.6 Å². The molecule has 2 N–H and O–H groups in total. The Morgan fingerprint density at radius 2 is 2.00 bits per heavy atom. The van der Waals surface area contributed by atoms with Crippen molar-refractivity contribution in [3.8, 4) is 5.75 Å². The van der Waals surface area contributed by atoms with E-state index in [1.54, 1.807) is 4.90 Å². The lowest BCUT2D eigenvalue weighted by Crippen LogP contribution is -2.40. The largest absolute Gasteiger partial charge is 0.477 e. The number of hydrogen-bond acceptors (Lipinski definition) is 5. The Labute approximate surface area is 187 Å². The molecule has 32 heavy (non-hydrogen) atoms. The van der Waals surface area contributed by atoms with Crippen LogP contribution in [0.3, 0.4) is 0 Å². The lowest BCUT2D eigenvalue weighted by Gasteiger charge is -2.25. The Hall–Kier alpha value is -2.46. The molecular formula is C21H23ClF3N3O4. The van der Waals surface area contributed by atoms with Gasteiger partial charge in [0.25, 0.3) is 0 Å². The van der Waals surface area contributed by atoms with Crippen LogP contribution in [-0.4, -0.2) is 47.9 Å². The number of pyridine rings is 1. The topological polar surface area (TPSA) is 83.8 Å². The second kappa shape index (κ2) is 8.47. The first-order valence-corrected chi connectivity index (χ1v) is 10.4. The number of carboxylic acids is 1. The Morgan fingerprint density at radius 3 is 2.62 bits per heavy atom. The fourth-order valence-electron chi connectivity index (χ4n) is 4.96. The SMILES string of the molecule is Cl.O=C(O)c1cn(C2CC2)c2c(OC(F)F)c(N3C[C@H]4CCCN[C@H]4C3)c(F)cc2c1=O. The van der Waals surface area contributed by atoms with Crippen molar-refractivity contribution in [2.75, 3.05) is 24.5 Å². The monoisotopic (exact) mass is 473 g/mol. The summed E-state index contributed by atoms with van der Waals surface area (Å²) in [5.74, 6) is -2.45. The first-order chi connectivity index (χ1) is 14.8. The van der Waals surface area contributed by atoms with Crippen LogP contribution in [0.2, 0.25) is 0 Å². The molecule has 7 nitrogen and oxygen atoms in total. The molecule has 2 aromatic rings. The van der Waals surface area contributed by atoms with Crippen LogP contribution >= 0.6 is 12.4 Å². The number of carboxylic acid groups (broad SMARTS) is 1. The van der Waals surface area contributed by atoms with Crippen LogP contribution in [0.4, 0.5) is 18.9 Å². The second-order valence-electron chi connectivity index (χ2n) is 8.49. The lowest BCUT2D eigenvalue weighted by atomic mass is 9.94. The number of anilines is 1. The predicted molar refractivity (Wildman–Crippen MR) is 114 cm³/mol. The Kier molecular flexibility index (Phi) is 6.02. The van der Waals surface area contributed by atoms with Gasteiger partial charge < -0.3 is 24.6 Å². The predicted octanol–water partition coefficient (Wildman–Crippen LogP) is 3.39. The molecular weight excluding hydrogens is 451 g/mol. The minimum atomic E-state index is -3.23. The van der Waals surface area contributed by atoms with E-state index < -0.39 is 35.1 Å². The summed E-state index contributed by atoms with van der Waals surface area (Å²) in [6.07, 6.45) is 4.53. The number of alkyl halides is 2. The zero-order valence-electron chi connectivity index (χ0n) is 17.0. The Morgan fingerprint density at radius 1 is 1.25 bits per heavy atom. The Bertz CT molecular complexity index is 1110. The van der Waals surface area contributed by atoms with E-state index in [9.17, 15) is 23.5 Å². The van der Waals surface area contributed by atoms with Crippen LogP contribution in [0.15, 0.2) is 17.1 Å². The maximum atomic E-state index is 15.3. The normalized spacial score (nSPS) is 22.7. The van der Waals surface area contributed by atoms with E-state index in [0.717, 1.165) is 31.6 Å². The zero-order valence-corrected chi connectivity index (χ0v) is 17.8. The van der Waals surface area contributed by atoms with Gasteiger partial charge in [0.2, 0.25) is 5.43 Å². The molecule has 0 bridgehead atoms. The number of halogens is 4. The molecule has 174 valence electrons. The number of ether oxygens (including phenoxy) is 1. The molecule has 1 aliphatic carbocycles. The number of benzene rings is 1. The Balaban J connectivity index is 0.00000245. The van der Waals surface area contributed by atoms with Gasteiger partial charge in [0.05, 0.1) is 10.9 Å². The summed E-state index contributed by atoms with van der Waals surface area (Å²) in [6, 6.07) is 0.942. The molecule has 2 aliphatic heterocycles. The molecule has 0 radical (unpaired) electrons. The van der Waals surface area contributed by atoms with Crippen molar-refractivity contribution in [2.24, 2.45) is 5.92 Å². The van der Waals surface area contributed by atoms with E-state index in [1.807, 2.05) is 0 Å². The number of aromatic nitrogens is 1. The van der Waals surface area contributed by atoms with Crippen LogP contribution in [0.5, 0.6) is 5.75 Å². The molecule has 3 fully saturated rings. The third-order valence-electron chi connectivity index (χ3n) is 6.49. The van der Waals surface area contributed by atoms with Crippen LogP contribution < -0.4 is 20.4 Å². The fourth-order valence-corrected chi connectivity index (χ4v) is 4.96. The highest BCUT2D eigenvalue weighted by Crippen LogP contribution is 2.45. The van der Waals surface area contributed by atoms with Gasteiger partial charge in [-0.25, -0.2) is 9.18 Å². The van der Waals surface area contributed by atoms with E-state index in [2.05, 4.69) is 5.32 Å². The molecule has 3 aliphatic rings. The molecule has 2 atom stereocenters. The number of hydrogen-bond donors (Lipinski definition) is 2. The second-order valence-corrected chi connectivity index (χ2v) is 8.49. The summed E-state index contributed by atoms with van der Waals surface area (Å²) < 4.78 is 48.5. The van der Waals surface area contributed by atoms with Gasteiger partial charge in [-0.05, 0) is 44.2 Å². The van der Waals surface area contributed by atoms with Gasteiger partial charge in [-0.2, -0.15) is 8.78 Å². The van der Waals surface area contributed by atoms with Crippen molar-refractivity contribution in [1.82, 2.24) is 9.88 Å². The summed E-state index contributed by atoms with van der Waals surface area (Å²) in [4.78, 5) is 26.0. The number of nitrogens with zero attached hydrogens (tertiary/aromatic N) is 2. The summed E-state index contributed by atoms with van der Waals surface area (Å²) in [6.45, 7) is -1.45. The molecule has 2 saturated heterocycles. The van der Waals surface area contributed by atoms with E-state index >= 15 is 4.39 Å². The third-order valence-corrected chi connectivity index (χ3v) is 6.49. The number of rotatable bonds is 5. The lowest BCUT2D eigenvalue weighted by molar-refractivity contribution is -0.0488. The smallest absolute Gasteiger partial charge is 0.387 e. The maximum Gasteiger partial charge on any atom is 0.387 e. The van der Waals surface area contributed by atoms with Gasteiger partial charge >= 0.3 is 12.6 Å². The van der Waals surface area contributed by atoms with Crippen molar-refractivity contribution >= 4 is 35.0 Å². The molecule has 1 aromatic carbocycles. The molecule has 1 aromatic heterocycles. The fraction of sp³-hybridized carbons (Fsp3) is 0.524. The van der Waals surface area contributed by atoms with Gasteiger partial charge in [-0.1, -0.05) is 0 Å². The van der Waals surface area contributed by atoms with E-state index in [4.69, 9.17) is 4.74 Å². The highest BCUT2D eigenvalue weighted by Gasteiger charge is 2.38. The van der Waals surface area contributed by atoms with E-state index in [0.29, 0.717) is 25.9 Å². The standard InChI is InChI=1S/C21H22F3N3O4.ClH/c22-14-6-12-16(27(11-3-4-11)8-13(18(12)28)20(29)30)19(31-21(23)24)17(14)26-7-10-2-1-5-25-15(10)9-26;/h6,8,10-11,15,21,25H,1-5,7,9H2,(H,29,30);1H/t10-,15+;/m1./s1. The van der Waals surface area contributed by atoms with Crippen molar-refractivity contribution in [2.45, 2.75) is 44.4 Å². The summed E-state index contributed by atoms with van der Waals surface area (Å²) >= 11 is 0. The minimum Gasteiger partial charge on any atom is -0.477 e. The number of piperidine rings is 1. The van der Waals surface area contributed by atoms with E-state index in [1.165, 1.54) is 4.57 Å². The maximum absolute atomic E-state index is 15.3. The molecule has 5 rings (SSSR count). The first kappa shape index (κ1) is 22.7. The van der Waals surface area contributed by atoms with Crippen LogP contribution in [0, 0.1) is 11.7 Å². The highest BCUT2D eigenvalue weighted by molar-refractivity contribution is 5.97. The number of aromatic carboxylic acids is 1. The summed E-state index contributed by atoms with van der Waals surface area (Å²) in [7, 11) is 0. The van der Waals surface area contributed by atoms with Gasteiger partial charge in [0, 0.05) is 31.4 Å².